The molecule has 2 rings (SSSR count). The quantitative estimate of drug-likeness (QED) is 0.853. The van der Waals surface area contributed by atoms with E-state index < -0.39 is 0 Å². The van der Waals surface area contributed by atoms with E-state index in [0.29, 0.717) is 0 Å². The lowest BCUT2D eigenvalue weighted by molar-refractivity contribution is 0.0836. The van der Waals surface area contributed by atoms with Gasteiger partial charge in [-0.25, -0.2) is 0 Å². The van der Waals surface area contributed by atoms with Crippen LogP contribution in [0.15, 0.2) is 24.3 Å². The average Bonchev–Trinajstić information content (AvgIpc) is 2.48. The Morgan fingerprint density at radius 2 is 2.00 bits per heavy atom. The van der Waals surface area contributed by atoms with Gasteiger partial charge in [0.05, 0.1) is 6.10 Å². The van der Waals surface area contributed by atoms with Crippen molar-refractivity contribution in [3.63, 3.8) is 0 Å². The highest BCUT2D eigenvalue weighted by Crippen LogP contribution is 2.22. The zero-order valence-corrected chi connectivity index (χ0v) is 13.0. The van der Waals surface area contributed by atoms with E-state index in [2.05, 4.69) is 43.0 Å². The van der Waals surface area contributed by atoms with Crippen LogP contribution in [-0.4, -0.2) is 29.6 Å². The number of aliphatic hydroxyl groups is 1. The van der Waals surface area contributed by atoms with Gasteiger partial charge in [0.25, 0.3) is 0 Å². The third kappa shape index (κ3) is 4.32. The van der Waals surface area contributed by atoms with E-state index in [1.54, 1.807) is 0 Å². The highest BCUT2D eigenvalue weighted by molar-refractivity contribution is 5.24. The predicted octanol–water partition coefficient (Wildman–Crippen LogP) is 3.79. The number of hydrogen-bond acceptors (Lipinski definition) is 2. The Hall–Kier alpha value is -0.860. The van der Waals surface area contributed by atoms with Crippen LogP contribution in [0.5, 0.6) is 0 Å². The highest BCUT2D eigenvalue weighted by atomic mass is 16.3. The first-order chi connectivity index (χ1) is 9.72. The summed E-state index contributed by atoms with van der Waals surface area (Å²) in [7, 11) is 0. The maximum absolute atomic E-state index is 10.4. The minimum atomic E-state index is -0.346. The van der Waals surface area contributed by atoms with Crippen LogP contribution in [0.4, 0.5) is 0 Å². The summed E-state index contributed by atoms with van der Waals surface area (Å²) in [6.07, 6.45) is 5.85. The highest BCUT2D eigenvalue weighted by Gasteiger charge is 2.21. The first kappa shape index (κ1) is 15.5. The molecule has 2 heteroatoms. The summed E-state index contributed by atoms with van der Waals surface area (Å²) in [6, 6.07) is 8.51. The number of likely N-dealkylation sites (tertiary alicyclic amines) is 1. The fourth-order valence-corrected chi connectivity index (χ4v) is 3.20. The van der Waals surface area contributed by atoms with E-state index in [9.17, 15) is 5.11 Å². The van der Waals surface area contributed by atoms with Crippen molar-refractivity contribution in [1.29, 1.82) is 0 Å². The van der Waals surface area contributed by atoms with Gasteiger partial charge in [0.2, 0.25) is 0 Å². The van der Waals surface area contributed by atoms with Gasteiger partial charge in [-0.2, -0.15) is 0 Å². The van der Waals surface area contributed by atoms with Crippen molar-refractivity contribution in [3.8, 4) is 0 Å². The number of nitrogens with zero attached hydrogens (tertiary/aromatic N) is 1. The summed E-state index contributed by atoms with van der Waals surface area (Å²) < 4.78 is 0. The predicted molar refractivity (Wildman–Crippen MR) is 84.9 cm³/mol. The van der Waals surface area contributed by atoms with Crippen LogP contribution in [-0.2, 0) is 6.42 Å². The largest absolute Gasteiger partial charge is 0.387 e. The number of rotatable bonds is 6. The van der Waals surface area contributed by atoms with E-state index in [-0.39, 0.29) is 6.10 Å². The van der Waals surface area contributed by atoms with E-state index in [1.165, 1.54) is 31.2 Å². The van der Waals surface area contributed by atoms with Gasteiger partial charge >= 0.3 is 0 Å². The fourth-order valence-electron chi connectivity index (χ4n) is 3.20. The lowest BCUT2D eigenvalue weighted by atomic mass is 9.95. The van der Waals surface area contributed by atoms with Crippen LogP contribution >= 0.6 is 0 Å². The molecule has 1 fully saturated rings. The standard InChI is InChI=1S/C18H29NO/c1-3-6-16-8-10-17(11-9-16)18(20)14-19-12-5-7-15(4-2)13-19/h8-11,15,18,20H,3-7,12-14H2,1-2H3. The molecule has 0 spiro atoms. The molecule has 0 aromatic heterocycles. The van der Waals surface area contributed by atoms with Gasteiger partial charge < -0.3 is 10.0 Å². The Morgan fingerprint density at radius 3 is 2.65 bits per heavy atom. The Morgan fingerprint density at radius 1 is 1.25 bits per heavy atom. The molecule has 2 unspecified atom stereocenters. The second kappa shape index (κ2) is 7.80. The summed E-state index contributed by atoms with van der Waals surface area (Å²) in [5.74, 6) is 0.822. The monoisotopic (exact) mass is 275 g/mol. The zero-order chi connectivity index (χ0) is 14.4. The lowest BCUT2D eigenvalue weighted by Crippen LogP contribution is -2.37. The Labute approximate surface area is 123 Å². The average molecular weight is 275 g/mol. The molecule has 1 N–H and O–H groups in total. The molecule has 1 aliphatic rings. The molecule has 112 valence electrons. The second-order valence-electron chi connectivity index (χ2n) is 6.18. The third-order valence-electron chi connectivity index (χ3n) is 4.51. The van der Waals surface area contributed by atoms with Crippen molar-refractivity contribution in [2.75, 3.05) is 19.6 Å². The minimum Gasteiger partial charge on any atom is -0.387 e. The number of piperidine rings is 1. The molecule has 0 radical (unpaired) electrons. The van der Waals surface area contributed by atoms with Crippen LogP contribution in [0.1, 0.15) is 56.8 Å². The molecule has 1 saturated heterocycles. The van der Waals surface area contributed by atoms with Crippen molar-refractivity contribution in [1.82, 2.24) is 4.90 Å². The molecule has 2 nitrogen and oxygen atoms in total. The van der Waals surface area contributed by atoms with E-state index >= 15 is 0 Å². The summed E-state index contributed by atoms with van der Waals surface area (Å²) in [5.41, 5.74) is 2.43. The van der Waals surface area contributed by atoms with Crippen LogP contribution in [0.3, 0.4) is 0 Å². The minimum absolute atomic E-state index is 0.346. The molecule has 0 bridgehead atoms. The van der Waals surface area contributed by atoms with Crippen LogP contribution in [0.25, 0.3) is 0 Å². The van der Waals surface area contributed by atoms with E-state index in [1.807, 2.05) is 0 Å². The Bertz CT molecular complexity index is 387. The SMILES string of the molecule is CCCc1ccc(C(O)CN2CCCC(CC)C2)cc1. The van der Waals surface area contributed by atoms with Gasteiger partial charge in [-0.1, -0.05) is 51.0 Å². The number of aryl methyl sites for hydroxylation is 1. The van der Waals surface area contributed by atoms with Gasteiger partial charge in [0.15, 0.2) is 0 Å². The van der Waals surface area contributed by atoms with Crippen LogP contribution in [0.2, 0.25) is 0 Å². The Kier molecular flexibility index (Phi) is 6.06. The molecule has 1 aromatic rings. The molecular weight excluding hydrogens is 246 g/mol. The molecule has 2 atom stereocenters. The topological polar surface area (TPSA) is 23.5 Å². The molecule has 0 saturated carbocycles. The summed E-state index contributed by atoms with van der Waals surface area (Å²) >= 11 is 0. The lowest BCUT2D eigenvalue weighted by Gasteiger charge is -2.33. The normalized spacial score (nSPS) is 21.9. The van der Waals surface area contributed by atoms with Crippen molar-refractivity contribution >= 4 is 0 Å². The van der Waals surface area contributed by atoms with Gasteiger partial charge in [-0.05, 0) is 42.9 Å². The molecule has 0 aliphatic carbocycles. The summed E-state index contributed by atoms with van der Waals surface area (Å²) in [6.45, 7) is 7.55. The zero-order valence-electron chi connectivity index (χ0n) is 13.0. The summed E-state index contributed by atoms with van der Waals surface area (Å²) in [5, 5.41) is 10.4. The van der Waals surface area contributed by atoms with Crippen LogP contribution in [0, 0.1) is 5.92 Å². The first-order valence-electron chi connectivity index (χ1n) is 8.22. The second-order valence-corrected chi connectivity index (χ2v) is 6.18. The van der Waals surface area contributed by atoms with Gasteiger partial charge in [0, 0.05) is 13.1 Å². The maximum atomic E-state index is 10.4. The smallest absolute Gasteiger partial charge is 0.0916 e. The molecular formula is C18H29NO. The van der Waals surface area contributed by atoms with Gasteiger partial charge in [0.1, 0.15) is 0 Å². The third-order valence-corrected chi connectivity index (χ3v) is 4.51. The molecule has 1 heterocycles. The number of hydrogen-bond donors (Lipinski definition) is 1. The maximum Gasteiger partial charge on any atom is 0.0916 e. The van der Waals surface area contributed by atoms with Gasteiger partial charge in [-0.15, -0.1) is 0 Å². The van der Waals surface area contributed by atoms with E-state index in [4.69, 9.17) is 0 Å². The fraction of sp³-hybridized carbons (Fsp3) is 0.667. The molecule has 20 heavy (non-hydrogen) atoms. The summed E-state index contributed by atoms with van der Waals surface area (Å²) in [4.78, 5) is 2.43. The number of aliphatic hydroxyl groups excluding tert-OH is 1. The van der Waals surface area contributed by atoms with Crippen molar-refractivity contribution in [2.24, 2.45) is 5.92 Å². The van der Waals surface area contributed by atoms with Crippen molar-refractivity contribution in [3.05, 3.63) is 35.4 Å². The number of benzene rings is 1. The van der Waals surface area contributed by atoms with Gasteiger partial charge in [-0.3, -0.25) is 0 Å². The molecule has 1 aliphatic heterocycles. The number of β-amino-alcohol motifs (C(OH)–C–C–N with tert-alkyl or cyclic N) is 1. The molecule has 0 amide bonds. The van der Waals surface area contributed by atoms with E-state index in [0.717, 1.165) is 37.5 Å². The Balaban J connectivity index is 1.88. The van der Waals surface area contributed by atoms with Crippen LogP contribution < -0.4 is 0 Å². The molecule has 1 aromatic carbocycles. The first-order valence-corrected chi connectivity index (χ1v) is 8.22. The van der Waals surface area contributed by atoms with Crippen molar-refractivity contribution < 1.29 is 5.11 Å². The van der Waals surface area contributed by atoms with Crippen molar-refractivity contribution in [2.45, 2.75) is 52.1 Å².